The Morgan fingerprint density at radius 3 is 2.69 bits per heavy atom. The molecule has 0 fully saturated rings. The second-order valence-electron chi connectivity index (χ2n) is 2.70. The Morgan fingerprint density at radius 1 is 1.23 bits per heavy atom. The Kier molecular flexibility index (Phi) is 2.74. The second kappa shape index (κ2) is 3.69. The summed E-state index contributed by atoms with van der Waals surface area (Å²) in [6, 6.07) is 6.01. The van der Waals surface area contributed by atoms with Crippen molar-refractivity contribution < 1.29 is 5.11 Å². The van der Waals surface area contributed by atoms with Crippen LogP contribution < -0.4 is 0 Å². The van der Waals surface area contributed by atoms with E-state index in [-0.39, 0.29) is 6.61 Å². The fraction of sp³-hybridized carbons (Fsp3) is 0.111. The van der Waals surface area contributed by atoms with E-state index in [0.29, 0.717) is 0 Å². The molecule has 0 bridgehead atoms. The van der Waals surface area contributed by atoms with Crippen molar-refractivity contribution >= 4 is 53.3 Å². The molecule has 0 aliphatic heterocycles. The molecule has 2 aromatic rings. The van der Waals surface area contributed by atoms with E-state index in [0.717, 1.165) is 19.2 Å². The summed E-state index contributed by atoms with van der Waals surface area (Å²) in [5.41, 5.74) is 0.935. The minimum atomic E-state index is 0.0853. The van der Waals surface area contributed by atoms with E-state index in [1.807, 2.05) is 12.1 Å². The first kappa shape index (κ1) is 9.65. The molecular formula is C9H6Br2OS. The Hall–Kier alpha value is 0.1000. The molecule has 1 heterocycles. The first-order valence-corrected chi connectivity index (χ1v) is 6.09. The Balaban J connectivity index is 2.75. The summed E-state index contributed by atoms with van der Waals surface area (Å²) in [5.74, 6) is 0. The third kappa shape index (κ3) is 1.81. The molecule has 0 atom stereocenters. The van der Waals surface area contributed by atoms with Crippen molar-refractivity contribution in [2.24, 2.45) is 0 Å². The fourth-order valence-corrected chi connectivity index (χ4v) is 3.50. The Labute approximate surface area is 96.6 Å². The van der Waals surface area contributed by atoms with Crippen LogP contribution in [0.2, 0.25) is 0 Å². The molecule has 0 amide bonds. The van der Waals surface area contributed by atoms with Gasteiger partial charge in [-0.25, -0.2) is 0 Å². The normalized spacial score (nSPS) is 11.0. The summed E-state index contributed by atoms with van der Waals surface area (Å²) in [6.07, 6.45) is 0. The minimum Gasteiger partial charge on any atom is -0.392 e. The van der Waals surface area contributed by atoms with Gasteiger partial charge in [-0.15, -0.1) is 11.3 Å². The monoisotopic (exact) mass is 320 g/mol. The highest BCUT2D eigenvalue weighted by Crippen LogP contribution is 2.35. The van der Waals surface area contributed by atoms with Gasteiger partial charge in [-0.3, -0.25) is 0 Å². The molecular weight excluding hydrogens is 316 g/mol. The summed E-state index contributed by atoms with van der Waals surface area (Å²) in [5, 5.41) is 10.2. The maximum absolute atomic E-state index is 9.00. The van der Waals surface area contributed by atoms with Gasteiger partial charge >= 0.3 is 0 Å². The van der Waals surface area contributed by atoms with Gasteiger partial charge in [0.2, 0.25) is 0 Å². The smallest absolute Gasteiger partial charge is 0.0711 e. The van der Waals surface area contributed by atoms with Crippen LogP contribution in [-0.2, 0) is 6.61 Å². The summed E-state index contributed by atoms with van der Waals surface area (Å²) in [4.78, 5) is 0. The van der Waals surface area contributed by atoms with Crippen molar-refractivity contribution in [3.63, 3.8) is 0 Å². The average molecular weight is 322 g/mol. The van der Waals surface area contributed by atoms with Gasteiger partial charge in [-0.2, -0.15) is 0 Å². The molecule has 0 spiro atoms. The quantitative estimate of drug-likeness (QED) is 0.844. The fourth-order valence-electron chi connectivity index (χ4n) is 1.23. The number of rotatable bonds is 1. The largest absolute Gasteiger partial charge is 0.392 e. The third-order valence-corrected chi connectivity index (χ3v) is 4.36. The van der Waals surface area contributed by atoms with Crippen LogP contribution in [-0.4, -0.2) is 5.11 Å². The molecule has 1 aromatic heterocycles. The predicted octanol–water partition coefficient (Wildman–Crippen LogP) is 3.92. The topological polar surface area (TPSA) is 20.2 Å². The van der Waals surface area contributed by atoms with E-state index < -0.39 is 0 Å². The summed E-state index contributed by atoms with van der Waals surface area (Å²) in [7, 11) is 0. The standard InChI is InChI=1S/C9H6Br2OS/c10-7-2-5(4-12)1-6-3-8(11)13-9(6)7/h1-3,12H,4H2. The van der Waals surface area contributed by atoms with Crippen LogP contribution in [0.3, 0.4) is 0 Å². The lowest BCUT2D eigenvalue weighted by atomic mass is 10.2. The molecule has 68 valence electrons. The minimum absolute atomic E-state index is 0.0853. The van der Waals surface area contributed by atoms with Crippen LogP contribution >= 0.6 is 43.2 Å². The lowest BCUT2D eigenvalue weighted by Crippen LogP contribution is -1.81. The van der Waals surface area contributed by atoms with E-state index in [1.165, 1.54) is 4.70 Å². The maximum atomic E-state index is 9.00. The van der Waals surface area contributed by atoms with Gasteiger partial charge in [0.25, 0.3) is 0 Å². The van der Waals surface area contributed by atoms with Gasteiger partial charge in [0.05, 0.1) is 10.4 Å². The number of fused-ring (bicyclic) bond motifs is 1. The molecule has 4 heteroatoms. The first-order valence-electron chi connectivity index (χ1n) is 3.69. The highest BCUT2D eigenvalue weighted by atomic mass is 79.9. The Morgan fingerprint density at radius 2 is 2.00 bits per heavy atom. The molecule has 1 nitrogen and oxygen atoms in total. The molecule has 1 N–H and O–H groups in total. The molecule has 0 saturated carbocycles. The maximum Gasteiger partial charge on any atom is 0.0711 e. The molecule has 0 aliphatic rings. The average Bonchev–Trinajstić information content (AvgIpc) is 2.46. The van der Waals surface area contributed by atoms with Crippen LogP contribution in [0.5, 0.6) is 0 Å². The molecule has 0 radical (unpaired) electrons. The lowest BCUT2D eigenvalue weighted by Gasteiger charge is -1.98. The number of thiophene rings is 1. The molecule has 0 aliphatic carbocycles. The first-order chi connectivity index (χ1) is 6.20. The number of halogens is 2. The molecule has 13 heavy (non-hydrogen) atoms. The third-order valence-electron chi connectivity index (χ3n) is 1.78. The van der Waals surface area contributed by atoms with E-state index in [9.17, 15) is 0 Å². The summed E-state index contributed by atoms with van der Waals surface area (Å²) < 4.78 is 3.37. The summed E-state index contributed by atoms with van der Waals surface area (Å²) in [6.45, 7) is 0.0853. The van der Waals surface area contributed by atoms with E-state index in [4.69, 9.17) is 5.11 Å². The van der Waals surface area contributed by atoms with Crippen molar-refractivity contribution in [3.05, 3.63) is 32.0 Å². The van der Waals surface area contributed by atoms with Crippen LogP contribution in [0.1, 0.15) is 5.56 Å². The zero-order chi connectivity index (χ0) is 9.42. The molecule has 0 saturated heterocycles. The van der Waals surface area contributed by atoms with Gasteiger partial charge < -0.3 is 5.11 Å². The number of aliphatic hydroxyl groups excluding tert-OH is 1. The zero-order valence-corrected chi connectivity index (χ0v) is 10.5. The van der Waals surface area contributed by atoms with Gasteiger partial charge in [-0.05, 0) is 61.0 Å². The SMILES string of the molecule is OCc1cc(Br)c2sc(Br)cc2c1. The number of benzene rings is 1. The van der Waals surface area contributed by atoms with E-state index in [1.54, 1.807) is 11.3 Å². The number of aliphatic hydroxyl groups is 1. The number of hydrogen-bond donors (Lipinski definition) is 1. The van der Waals surface area contributed by atoms with Crippen LogP contribution in [0.25, 0.3) is 10.1 Å². The molecule has 2 rings (SSSR count). The van der Waals surface area contributed by atoms with Gasteiger partial charge in [0.1, 0.15) is 0 Å². The predicted molar refractivity (Wildman–Crippen MR) is 63.1 cm³/mol. The number of hydrogen-bond acceptors (Lipinski definition) is 2. The highest BCUT2D eigenvalue weighted by Gasteiger charge is 2.05. The van der Waals surface area contributed by atoms with Crippen LogP contribution in [0, 0.1) is 0 Å². The van der Waals surface area contributed by atoms with E-state index >= 15 is 0 Å². The van der Waals surface area contributed by atoms with Gasteiger partial charge in [0, 0.05) is 9.17 Å². The molecule has 1 aromatic carbocycles. The van der Waals surface area contributed by atoms with Crippen molar-refractivity contribution in [2.75, 3.05) is 0 Å². The van der Waals surface area contributed by atoms with Crippen molar-refractivity contribution in [1.29, 1.82) is 0 Å². The zero-order valence-electron chi connectivity index (χ0n) is 6.55. The van der Waals surface area contributed by atoms with Crippen molar-refractivity contribution in [1.82, 2.24) is 0 Å². The van der Waals surface area contributed by atoms with Gasteiger partial charge in [-0.1, -0.05) is 0 Å². The van der Waals surface area contributed by atoms with Crippen molar-refractivity contribution in [2.45, 2.75) is 6.61 Å². The highest BCUT2D eigenvalue weighted by molar-refractivity contribution is 9.11. The van der Waals surface area contributed by atoms with Crippen molar-refractivity contribution in [3.8, 4) is 0 Å². The van der Waals surface area contributed by atoms with Crippen LogP contribution in [0.4, 0.5) is 0 Å². The summed E-state index contributed by atoms with van der Waals surface area (Å²) >= 11 is 8.61. The Bertz CT molecular complexity index is 450. The second-order valence-corrected chi connectivity index (χ2v) is 5.99. The van der Waals surface area contributed by atoms with E-state index in [2.05, 4.69) is 37.9 Å². The lowest BCUT2D eigenvalue weighted by molar-refractivity contribution is 0.282. The molecule has 0 unspecified atom stereocenters. The van der Waals surface area contributed by atoms with Crippen LogP contribution in [0.15, 0.2) is 26.5 Å². The van der Waals surface area contributed by atoms with Gasteiger partial charge in [0.15, 0.2) is 0 Å².